The molecule has 2 aromatic rings. The number of anilines is 1. The van der Waals surface area contributed by atoms with Crippen molar-refractivity contribution in [2.45, 2.75) is 12.5 Å². The third-order valence-electron chi connectivity index (χ3n) is 3.30. The second kappa shape index (κ2) is 4.84. The standard InChI is InChI=1S/C13H14N4O3/c1-19-8-3-4-9(11(5-8)20-2)10-6-12(18)16-13-14-7-15-17(10)13/h3-5,7,10H,6H2,1-2H3,(H,14,15,16,18)/t10-/m0/s1. The fraction of sp³-hybridized carbons (Fsp3) is 0.308. The molecule has 7 heteroatoms. The number of amides is 1. The van der Waals surface area contributed by atoms with Crippen LogP contribution < -0.4 is 14.8 Å². The van der Waals surface area contributed by atoms with Gasteiger partial charge in [0.2, 0.25) is 11.9 Å². The van der Waals surface area contributed by atoms with Crippen molar-refractivity contribution in [3.05, 3.63) is 30.1 Å². The molecule has 1 aliphatic heterocycles. The van der Waals surface area contributed by atoms with E-state index in [9.17, 15) is 4.79 Å². The number of carbonyl (C=O) groups excluding carboxylic acids is 1. The summed E-state index contributed by atoms with van der Waals surface area (Å²) in [7, 11) is 3.18. The molecule has 1 amide bonds. The number of carbonyl (C=O) groups is 1. The van der Waals surface area contributed by atoms with Crippen LogP contribution in [0.2, 0.25) is 0 Å². The summed E-state index contributed by atoms with van der Waals surface area (Å²) in [6, 6.07) is 5.27. The zero-order chi connectivity index (χ0) is 14.1. The lowest BCUT2D eigenvalue weighted by atomic mass is 10.0. The molecular formula is C13H14N4O3. The number of hydrogen-bond donors (Lipinski definition) is 1. The highest BCUT2D eigenvalue weighted by Crippen LogP contribution is 2.35. The average molecular weight is 274 g/mol. The zero-order valence-corrected chi connectivity index (χ0v) is 11.2. The molecule has 0 bridgehead atoms. The molecule has 1 aromatic heterocycles. The summed E-state index contributed by atoms with van der Waals surface area (Å²) in [6.07, 6.45) is 1.71. The van der Waals surface area contributed by atoms with Crippen molar-refractivity contribution in [1.82, 2.24) is 14.8 Å². The summed E-state index contributed by atoms with van der Waals surface area (Å²) in [5, 5.41) is 6.86. The molecule has 1 N–H and O–H groups in total. The van der Waals surface area contributed by atoms with Crippen molar-refractivity contribution >= 4 is 11.9 Å². The predicted octanol–water partition coefficient (Wildman–Crippen LogP) is 1.23. The highest BCUT2D eigenvalue weighted by molar-refractivity contribution is 5.91. The van der Waals surface area contributed by atoms with Crippen LogP contribution in [-0.2, 0) is 4.79 Å². The third kappa shape index (κ3) is 1.97. The second-order valence-corrected chi connectivity index (χ2v) is 4.40. The third-order valence-corrected chi connectivity index (χ3v) is 3.30. The van der Waals surface area contributed by atoms with Crippen molar-refractivity contribution in [1.29, 1.82) is 0 Å². The molecule has 104 valence electrons. The van der Waals surface area contributed by atoms with Gasteiger partial charge in [-0.1, -0.05) is 0 Å². The average Bonchev–Trinajstić information content (AvgIpc) is 2.93. The van der Waals surface area contributed by atoms with Crippen LogP contribution in [0.1, 0.15) is 18.0 Å². The van der Waals surface area contributed by atoms with E-state index >= 15 is 0 Å². The van der Waals surface area contributed by atoms with E-state index in [-0.39, 0.29) is 11.9 Å². The highest BCUT2D eigenvalue weighted by atomic mass is 16.5. The molecule has 20 heavy (non-hydrogen) atoms. The maximum Gasteiger partial charge on any atom is 0.229 e. The Morgan fingerprint density at radius 3 is 2.95 bits per heavy atom. The van der Waals surface area contributed by atoms with E-state index in [1.165, 1.54) is 6.33 Å². The lowest BCUT2D eigenvalue weighted by Gasteiger charge is -2.25. The molecule has 1 aliphatic rings. The quantitative estimate of drug-likeness (QED) is 0.910. The van der Waals surface area contributed by atoms with Gasteiger partial charge in [-0.15, -0.1) is 0 Å². The van der Waals surface area contributed by atoms with Crippen LogP contribution in [-0.4, -0.2) is 34.9 Å². The molecule has 0 radical (unpaired) electrons. The Kier molecular flexibility index (Phi) is 3.02. The Labute approximate surface area is 115 Å². The van der Waals surface area contributed by atoms with Gasteiger partial charge >= 0.3 is 0 Å². The Balaban J connectivity index is 2.08. The van der Waals surface area contributed by atoms with E-state index in [1.54, 1.807) is 25.0 Å². The van der Waals surface area contributed by atoms with E-state index in [0.717, 1.165) is 5.56 Å². The van der Waals surface area contributed by atoms with Crippen LogP contribution in [0.4, 0.5) is 5.95 Å². The van der Waals surface area contributed by atoms with Crippen LogP contribution in [0.5, 0.6) is 11.5 Å². The molecule has 3 rings (SSSR count). The molecule has 0 fully saturated rings. The van der Waals surface area contributed by atoms with Gasteiger partial charge in [0, 0.05) is 11.6 Å². The Morgan fingerprint density at radius 2 is 2.20 bits per heavy atom. The van der Waals surface area contributed by atoms with Gasteiger partial charge in [-0.05, 0) is 12.1 Å². The van der Waals surface area contributed by atoms with Gasteiger partial charge in [0.1, 0.15) is 17.8 Å². The lowest BCUT2D eigenvalue weighted by Crippen LogP contribution is -2.29. The predicted molar refractivity (Wildman–Crippen MR) is 71.0 cm³/mol. The van der Waals surface area contributed by atoms with Gasteiger partial charge in [-0.2, -0.15) is 10.1 Å². The number of methoxy groups -OCH3 is 2. The minimum Gasteiger partial charge on any atom is -0.497 e. The first-order chi connectivity index (χ1) is 9.72. The van der Waals surface area contributed by atoms with Crippen molar-refractivity contribution in [3.8, 4) is 11.5 Å². The first kappa shape index (κ1) is 12.5. The number of aromatic nitrogens is 3. The number of fused-ring (bicyclic) bond motifs is 1. The van der Waals surface area contributed by atoms with Crippen LogP contribution in [0.25, 0.3) is 0 Å². The topological polar surface area (TPSA) is 78.3 Å². The summed E-state index contributed by atoms with van der Waals surface area (Å²) in [5.41, 5.74) is 0.870. The molecule has 1 aromatic carbocycles. The monoisotopic (exact) mass is 274 g/mol. The summed E-state index contributed by atoms with van der Waals surface area (Å²) in [4.78, 5) is 15.8. The molecule has 7 nitrogen and oxygen atoms in total. The molecule has 0 unspecified atom stereocenters. The lowest BCUT2D eigenvalue weighted by molar-refractivity contribution is -0.117. The van der Waals surface area contributed by atoms with E-state index in [2.05, 4.69) is 15.4 Å². The number of hydrogen-bond acceptors (Lipinski definition) is 5. The fourth-order valence-corrected chi connectivity index (χ4v) is 2.34. The Hall–Kier alpha value is -2.57. The molecule has 2 heterocycles. The highest BCUT2D eigenvalue weighted by Gasteiger charge is 2.29. The second-order valence-electron chi connectivity index (χ2n) is 4.40. The summed E-state index contributed by atoms with van der Waals surface area (Å²) < 4.78 is 12.3. The maximum absolute atomic E-state index is 11.8. The molecular weight excluding hydrogens is 260 g/mol. The van der Waals surface area contributed by atoms with Crippen LogP contribution in [0.3, 0.4) is 0 Å². The normalized spacial score (nSPS) is 17.3. The van der Waals surface area contributed by atoms with E-state index in [1.807, 2.05) is 12.1 Å². The van der Waals surface area contributed by atoms with Gasteiger partial charge in [0.05, 0.1) is 26.7 Å². The molecule has 0 spiro atoms. The Morgan fingerprint density at radius 1 is 1.35 bits per heavy atom. The summed E-state index contributed by atoms with van der Waals surface area (Å²) in [6.45, 7) is 0. The smallest absolute Gasteiger partial charge is 0.229 e. The number of ether oxygens (including phenoxy) is 2. The molecule has 0 saturated carbocycles. The number of nitrogens with one attached hydrogen (secondary N) is 1. The largest absolute Gasteiger partial charge is 0.497 e. The van der Waals surface area contributed by atoms with Crippen LogP contribution in [0, 0.1) is 0 Å². The van der Waals surface area contributed by atoms with Gasteiger partial charge in [0.15, 0.2) is 0 Å². The number of nitrogens with zero attached hydrogens (tertiary/aromatic N) is 3. The fourth-order valence-electron chi connectivity index (χ4n) is 2.34. The van der Waals surface area contributed by atoms with E-state index in [4.69, 9.17) is 9.47 Å². The molecule has 0 saturated heterocycles. The van der Waals surface area contributed by atoms with Gasteiger partial charge in [0.25, 0.3) is 0 Å². The van der Waals surface area contributed by atoms with E-state index < -0.39 is 0 Å². The number of benzene rings is 1. The van der Waals surface area contributed by atoms with Crippen molar-refractivity contribution in [2.75, 3.05) is 19.5 Å². The Bertz CT molecular complexity index is 653. The summed E-state index contributed by atoms with van der Waals surface area (Å²) >= 11 is 0. The summed E-state index contributed by atoms with van der Waals surface area (Å²) in [5.74, 6) is 1.72. The van der Waals surface area contributed by atoms with Crippen molar-refractivity contribution in [3.63, 3.8) is 0 Å². The van der Waals surface area contributed by atoms with Crippen LogP contribution >= 0.6 is 0 Å². The maximum atomic E-state index is 11.8. The zero-order valence-electron chi connectivity index (χ0n) is 11.2. The van der Waals surface area contributed by atoms with Gasteiger partial charge in [-0.3, -0.25) is 10.1 Å². The first-order valence-corrected chi connectivity index (χ1v) is 6.14. The minimum atomic E-state index is -0.234. The van der Waals surface area contributed by atoms with Crippen LogP contribution in [0.15, 0.2) is 24.5 Å². The molecule has 1 atom stereocenters. The van der Waals surface area contributed by atoms with E-state index in [0.29, 0.717) is 23.9 Å². The minimum absolute atomic E-state index is 0.0895. The van der Waals surface area contributed by atoms with Crippen molar-refractivity contribution < 1.29 is 14.3 Å². The SMILES string of the molecule is COc1ccc([C@@H]2CC(=O)Nc3ncnn32)c(OC)c1. The molecule has 0 aliphatic carbocycles. The number of rotatable bonds is 3. The van der Waals surface area contributed by atoms with Crippen molar-refractivity contribution in [2.24, 2.45) is 0 Å². The first-order valence-electron chi connectivity index (χ1n) is 6.14. The van der Waals surface area contributed by atoms with Gasteiger partial charge in [-0.25, -0.2) is 4.68 Å². The van der Waals surface area contributed by atoms with Gasteiger partial charge < -0.3 is 9.47 Å².